The van der Waals surface area contributed by atoms with Gasteiger partial charge in [-0.15, -0.1) is 0 Å². The largest absolute Gasteiger partial charge is 0.368 e. The topological polar surface area (TPSA) is 157 Å². The molecule has 10 heteroatoms. The van der Waals surface area contributed by atoms with Crippen LogP contribution in [0.15, 0.2) is 29.2 Å². The zero-order valence-electron chi connectivity index (χ0n) is 9.48. The summed E-state index contributed by atoms with van der Waals surface area (Å²) in [7, 11) is -4.37. The van der Waals surface area contributed by atoms with Gasteiger partial charge < -0.3 is 16.8 Å². The Morgan fingerprint density at radius 1 is 1.05 bits per heavy atom. The molecule has 0 aliphatic heterocycles. The van der Waals surface area contributed by atoms with Crippen LogP contribution in [0.25, 0.3) is 0 Å². The first-order chi connectivity index (χ1) is 8.86. The van der Waals surface area contributed by atoms with Crippen LogP contribution in [-0.2, 0) is 10.1 Å². The molecule has 100 valence electrons. The molecule has 19 heavy (non-hydrogen) atoms. The van der Waals surface area contributed by atoms with Gasteiger partial charge in [0.2, 0.25) is 17.8 Å². The highest BCUT2D eigenvalue weighted by atomic mass is 32.2. The van der Waals surface area contributed by atoms with Gasteiger partial charge in [-0.1, -0.05) is 12.1 Å². The fourth-order valence-corrected chi connectivity index (χ4v) is 2.03. The van der Waals surface area contributed by atoms with Crippen LogP contribution in [-0.4, -0.2) is 27.9 Å². The zero-order chi connectivity index (χ0) is 14.0. The lowest BCUT2D eigenvalue weighted by atomic mass is 10.3. The fraction of sp³-hybridized carbons (Fsp3) is 0. The van der Waals surface area contributed by atoms with E-state index in [1.807, 2.05) is 0 Å². The maximum Gasteiger partial charge on any atom is 0.296 e. The van der Waals surface area contributed by atoms with Crippen LogP contribution in [0.1, 0.15) is 0 Å². The molecule has 0 aliphatic carbocycles. The number of hydrogen-bond donors (Lipinski definition) is 4. The molecule has 1 aromatic carbocycles. The number of nitrogens with zero attached hydrogens (tertiary/aromatic N) is 3. The number of aromatic nitrogens is 3. The molecule has 0 fully saturated rings. The third kappa shape index (κ3) is 3.05. The predicted molar refractivity (Wildman–Crippen MR) is 68.2 cm³/mol. The van der Waals surface area contributed by atoms with Crippen LogP contribution in [0.3, 0.4) is 0 Å². The highest BCUT2D eigenvalue weighted by Gasteiger charge is 2.15. The maximum atomic E-state index is 11.2. The Balaban J connectivity index is 2.44. The van der Waals surface area contributed by atoms with E-state index in [0.29, 0.717) is 0 Å². The first-order valence-corrected chi connectivity index (χ1v) is 6.41. The molecule has 0 aliphatic rings. The molecule has 6 N–H and O–H groups in total. The Morgan fingerprint density at radius 3 is 2.21 bits per heavy atom. The molecule has 0 spiro atoms. The lowest BCUT2D eigenvalue weighted by molar-refractivity contribution is 0.483. The van der Waals surface area contributed by atoms with E-state index < -0.39 is 10.1 Å². The highest BCUT2D eigenvalue weighted by molar-refractivity contribution is 7.86. The standard InChI is InChI=1S/C9H10N6O3S/c10-7-13-8(11)15-9(14-7)12-5-3-1-2-4-6(5)19(16,17)18/h1-4H,(H,16,17,18)(H5,10,11,12,13,14,15). The Hall–Kier alpha value is -2.46. The van der Waals surface area contributed by atoms with E-state index in [1.54, 1.807) is 6.07 Å². The molecule has 0 saturated carbocycles. The van der Waals surface area contributed by atoms with Gasteiger partial charge >= 0.3 is 0 Å². The van der Waals surface area contributed by atoms with Gasteiger partial charge in [-0.3, -0.25) is 4.55 Å². The van der Waals surface area contributed by atoms with Gasteiger partial charge in [0.15, 0.2) is 0 Å². The lowest BCUT2D eigenvalue weighted by Gasteiger charge is -2.08. The Kier molecular flexibility index (Phi) is 3.19. The van der Waals surface area contributed by atoms with Gasteiger partial charge in [-0.2, -0.15) is 23.4 Å². The molecule has 0 unspecified atom stereocenters. The van der Waals surface area contributed by atoms with Crippen molar-refractivity contribution in [3.63, 3.8) is 0 Å². The third-order valence-electron chi connectivity index (χ3n) is 2.08. The number of benzene rings is 1. The minimum atomic E-state index is -4.37. The average Bonchev–Trinajstić information content (AvgIpc) is 2.26. The van der Waals surface area contributed by atoms with Crippen molar-refractivity contribution in [1.29, 1.82) is 0 Å². The molecular weight excluding hydrogens is 272 g/mol. The number of nitrogen functional groups attached to an aromatic ring is 2. The van der Waals surface area contributed by atoms with Crippen molar-refractivity contribution in [3.05, 3.63) is 24.3 Å². The van der Waals surface area contributed by atoms with Crippen LogP contribution >= 0.6 is 0 Å². The molecule has 0 amide bonds. The minimum absolute atomic E-state index is 0.0268. The van der Waals surface area contributed by atoms with Crippen molar-refractivity contribution in [3.8, 4) is 0 Å². The number of rotatable bonds is 3. The van der Waals surface area contributed by atoms with Crippen molar-refractivity contribution >= 4 is 33.7 Å². The molecule has 9 nitrogen and oxygen atoms in total. The predicted octanol–water partition coefficient (Wildman–Crippen LogP) is 0.0263. The van der Waals surface area contributed by atoms with E-state index in [0.717, 1.165) is 0 Å². The van der Waals surface area contributed by atoms with Gasteiger partial charge in [-0.25, -0.2) is 0 Å². The van der Waals surface area contributed by atoms with Gasteiger partial charge in [0.05, 0.1) is 5.69 Å². The second-order valence-corrected chi connectivity index (χ2v) is 4.86. The summed E-state index contributed by atoms with van der Waals surface area (Å²) < 4.78 is 31.5. The second kappa shape index (κ2) is 4.66. The summed E-state index contributed by atoms with van der Waals surface area (Å²) in [6.07, 6.45) is 0. The van der Waals surface area contributed by atoms with Gasteiger partial charge in [0, 0.05) is 0 Å². The smallest absolute Gasteiger partial charge is 0.296 e. The lowest BCUT2D eigenvalue weighted by Crippen LogP contribution is -2.08. The average molecular weight is 282 g/mol. The SMILES string of the molecule is Nc1nc(N)nc(Nc2ccccc2S(=O)(=O)O)n1. The number of hydrogen-bond acceptors (Lipinski definition) is 8. The normalized spacial score (nSPS) is 11.2. The molecular formula is C9H10N6O3S. The quantitative estimate of drug-likeness (QED) is 0.569. The molecule has 1 aromatic heterocycles. The summed E-state index contributed by atoms with van der Waals surface area (Å²) in [6.45, 7) is 0. The van der Waals surface area contributed by atoms with E-state index >= 15 is 0 Å². The van der Waals surface area contributed by atoms with Crippen LogP contribution in [0.5, 0.6) is 0 Å². The number of anilines is 4. The summed E-state index contributed by atoms with van der Waals surface area (Å²) in [5.74, 6) is -0.250. The molecule has 0 saturated heterocycles. The maximum absolute atomic E-state index is 11.2. The summed E-state index contributed by atoms with van der Waals surface area (Å²) in [5.41, 5.74) is 10.9. The van der Waals surface area contributed by atoms with E-state index in [2.05, 4.69) is 20.3 Å². The zero-order valence-corrected chi connectivity index (χ0v) is 10.3. The van der Waals surface area contributed by atoms with Gasteiger partial charge in [0.1, 0.15) is 4.90 Å². The third-order valence-corrected chi connectivity index (χ3v) is 2.99. The van der Waals surface area contributed by atoms with Crippen molar-refractivity contribution in [2.24, 2.45) is 0 Å². The minimum Gasteiger partial charge on any atom is -0.368 e. The van der Waals surface area contributed by atoms with E-state index in [4.69, 9.17) is 16.0 Å². The van der Waals surface area contributed by atoms with Gasteiger partial charge in [0.25, 0.3) is 10.1 Å². The van der Waals surface area contributed by atoms with Crippen LogP contribution < -0.4 is 16.8 Å². The van der Waals surface area contributed by atoms with E-state index in [1.165, 1.54) is 18.2 Å². The van der Waals surface area contributed by atoms with Crippen LogP contribution in [0.4, 0.5) is 23.5 Å². The first-order valence-electron chi connectivity index (χ1n) is 4.97. The molecule has 2 aromatic rings. The fourth-order valence-electron chi connectivity index (χ4n) is 1.38. The molecule has 0 radical (unpaired) electrons. The van der Waals surface area contributed by atoms with Crippen LogP contribution in [0.2, 0.25) is 0 Å². The Morgan fingerprint density at radius 2 is 1.63 bits per heavy atom. The first kappa shape index (κ1) is 13.0. The van der Waals surface area contributed by atoms with Crippen molar-refractivity contribution < 1.29 is 13.0 Å². The number of nitrogens with one attached hydrogen (secondary N) is 1. The van der Waals surface area contributed by atoms with Crippen molar-refractivity contribution in [1.82, 2.24) is 15.0 Å². The summed E-state index contributed by atoms with van der Waals surface area (Å²) >= 11 is 0. The second-order valence-electron chi connectivity index (χ2n) is 3.47. The van der Waals surface area contributed by atoms with E-state index in [9.17, 15) is 8.42 Å². The highest BCUT2D eigenvalue weighted by Crippen LogP contribution is 2.23. The van der Waals surface area contributed by atoms with Crippen molar-refractivity contribution in [2.45, 2.75) is 4.90 Å². The molecule has 1 heterocycles. The molecule has 0 bridgehead atoms. The van der Waals surface area contributed by atoms with Crippen LogP contribution in [0, 0.1) is 0 Å². The molecule has 0 atom stereocenters. The Bertz CT molecular complexity index is 697. The summed E-state index contributed by atoms with van der Waals surface area (Å²) in [5, 5.41) is 2.60. The van der Waals surface area contributed by atoms with Gasteiger partial charge in [-0.05, 0) is 12.1 Å². The molecule has 2 rings (SSSR count). The number of nitrogens with two attached hydrogens (primary N) is 2. The number of para-hydroxylation sites is 1. The van der Waals surface area contributed by atoms with Crippen molar-refractivity contribution in [2.75, 3.05) is 16.8 Å². The Labute approximate surface area is 108 Å². The van der Waals surface area contributed by atoms with E-state index in [-0.39, 0.29) is 28.4 Å². The monoisotopic (exact) mass is 282 g/mol. The summed E-state index contributed by atoms with van der Waals surface area (Å²) in [6, 6.07) is 5.69. The summed E-state index contributed by atoms with van der Waals surface area (Å²) in [4.78, 5) is 10.7.